The number of alkyl carbamates (subject to hydrolysis) is 1. The highest BCUT2D eigenvalue weighted by molar-refractivity contribution is 5.93. The quantitative estimate of drug-likeness (QED) is 0.120. The van der Waals surface area contributed by atoms with Gasteiger partial charge in [0.15, 0.2) is 11.9 Å². The number of ether oxygens (including phenoxy) is 4. The molecule has 1 saturated heterocycles. The van der Waals surface area contributed by atoms with Crippen molar-refractivity contribution < 1.29 is 63.7 Å². The molecule has 5 aliphatic rings. The van der Waals surface area contributed by atoms with E-state index in [1.807, 2.05) is 13.8 Å². The minimum Gasteiger partial charge on any atom is -0.459 e. The third-order valence-electron chi connectivity index (χ3n) is 12.5. The van der Waals surface area contributed by atoms with Crippen LogP contribution in [0.4, 0.5) is 4.79 Å². The van der Waals surface area contributed by atoms with Crippen LogP contribution in [0.15, 0.2) is 11.1 Å². The number of fused-ring (bicyclic) bond motifs is 5. The molecule has 0 radical (unpaired) electrons. The Hall–Kier alpha value is -2.62. The number of carbonyl (C=O) groups excluding carboxylic acids is 4. The van der Waals surface area contributed by atoms with Gasteiger partial charge in [-0.2, -0.15) is 0 Å². The lowest BCUT2D eigenvalue weighted by molar-refractivity contribution is -0.345. The van der Waals surface area contributed by atoms with Crippen LogP contribution in [0, 0.1) is 28.6 Å². The van der Waals surface area contributed by atoms with Gasteiger partial charge < -0.3 is 49.8 Å². The van der Waals surface area contributed by atoms with Gasteiger partial charge in [-0.15, -0.1) is 0 Å². The molecule has 0 spiro atoms. The van der Waals surface area contributed by atoms with Crippen LogP contribution in [0.1, 0.15) is 93.4 Å². The molecule has 0 aromatic carbocycles. The van der Waals surface area contributed by atoms with Crippen molar-refractivity contribution >= 4 is 23.8 Å². The van der Waals surface area contributed by atoms with Gasteiger partial charge in [0.25, 0.3) is 0 Å². The number of rotatable bonds is 8. The topological polar surface area (TPSA) is 218 Å². The summed E-state index contributed by atoms with van der Waals surface area (Å²) in [5.74, 6) is -4.43. The Morgan fingerprint density at radius 3 is 2.24 bits per heavy atom. The van der Waals surface area contributed by atoms with Crippen molar-refractivity contribution in [1.82, 2.24) is 5.32 Å². The van der Waals surface area contributed by atoms with Crippen LogP contribution >= 0.6 is 0 Å². The van der Waals surface area contributed by atoms with E-state index in [1.165, 1.54) is 6.92 Å². The maximum absolute atomic E-state index is 14.4. The number of amides is 1. The van der Waals surface area contributed by atoms with E-state index in [2.05, 4.69) is 5.32 Å². The molecule has 11 atom stereocenters. The Morgan fingerprint density at radius 1 is 1.04 bits per heavy atom. The molecule has 0 aromatic rings. The van der Waals surface area contributed by atoms with Crippen LogP contribution in [-0.2, 0) is 33.3 Å². The second-order valence-electron chi connectivity index (χ2n) is 16.4. The van der Waals surface area contributed by atoms with E-state index in [1.54, 1.807) is 20.8 Å². The molecule has 14 heteroatoms. The van der Waals surface area contributed by atoms with Crippen LogP contribution < -0.4 is 5.32 Å². The number of Topliss-reactive ketones (excluding diaryl/α,β-unsaturated/α-hetero) is 1. The van der Waals surface area contributed by atoms with E-state index < -0.39 is 101 Å². The van der Waals surface area contributed by atoms with E-state index in [9.17, 15) is 44.7 Å². The lowest BCUT2D eigenvalue weighted by atomic mass is 9.45. The zero-order chi connectivity index (χ0) is 37.1. The second kappa shape index (κ2) is 13.7. The second-order valence-corrected chi connectivity index (χ2v) is 16.4. The number of hydrogen-bond donors (Lipinski definition) is 6. The van der Waals surface area contributed by atoms with E-state index in [0.717, 1.165) is 26.2 Å². The molecule has 1 amide bonds. The maximum Gasteiger partial charge on any atom is 0.407 e. The van der Waals surface area contributed by atoms with Gasteiger partial charge in [-0.3, -0.25) is 9.59 Å². The summed E-state index contributed by atoms with van der Waals surface area (Å²) >= 11 is 0. The SMILES string of the molecule is CC(=O)O[C@H]1[C@@H]2[C@]3(O)CO[C@@H]3C[C@H](O)[C@@]2(C)C(=O)[C@H](O)C2=C(C)[C@@H](OC(=O)[C@H](O)[C@@H](NC(=O)OCC(C)C)C3CCCCC3)C[C@]1(O)C2(C)C. The molecule has 50 heavy (non-hydrogen) atoms. The summed E-state index contributed by atoms with van der Waals surface area (Å²) in [5, 5.41) is 62.3. The summed E-state index contributed by atoms with van der Waals surface area (Å²) < 4.78 is 22.6. The van der Waals surface area contributed by atoms with Crippen molar-refractivity contribution in [3.8, 4) is 0 Å². The highest BCUT2D eigenvalue weighted by Crippen LogP contribution is 2.63. The average molecular weight is 710 g/mol. The first kappa shape index (κ1) is 38.6. The van der Waals surface area contributed by atoms with Crippen LogP contribution in [0.5, 0.6) is 0 Å². The van der Waals surface area contributed by atoms with Gasteiger partial charge in [0, 0.05) is 31.1 Å². The van der Waals surface area contributed by atoms with Gasteiger partial charge in [0.1, 0.15) is 29.5 Å². The maximum atomic E-state index is 14.4. The summed E-state index contributed by atoms with van der Waals surface area (Å²) in [5.41, 5.74) is -7.20. The number of carbonyl (C=O) groups is 4. The summed E-state index contributed by atoms with van der Waals surface area (Å²) in [6.45, 7) is 10.8. The first-order valence-corrected chi connectivity index (χ1v) is 17.9. The van der Waals surface area contributed by atoms with E-state index in [0.29, 0.717) is 12.8 Å². The zero-order valence-electron chi connectivity index (χ0n) is 30.1. The number of esters is 2. The molecule has 0 aromatic heterocycles. The van der Waals surface area contributed by atoms with Gasteiger partial charge in [0.2, 0.25) is 0 Å². The molecular weight excluding hydrogens is 654 g/mol. The zero-order valence-corrected chi connectivity index (χ0v) is 30.1. The van der Waals surface area contributed by atoms with Gasteiger partial charge in [-0.05, 0) is 49.7 Å². The molecule has 4 fully saturated rings. The van der Waals surface area contributed by atoms with Crippen molar-refractivity contribution in [1.29, 1.82) is 0 Å². The molecule has 2 bridgehead atoms. The van der Waals surface area contributed by atoms with Crippen molar-refractivity contribution in [3.63, 3.8) is 0 Å². The van der Waals surface area contributed by atoms with Crippen molar-refractivity contribution in [2.75, 3.05) is 13.2 Å². The Kier molecular flexibility index (Phi) is 10.6. The lowest BCUT2D eigenvalue weighted by Crippen LogP contribution is -2.81. The van der Waals surface area contributed by atoms with E-state index >= 15 is 0 Å². The van der Waals surface area contributed by atoms with Gasteiger partial charge in [-0.25, -0.2) is 9.59 Å². The summed E-state index contributed by atoms with van der Waals surface area (Å²) in [4.78, 5) is 53.7. The smallest absolute Gasteiger partial charge is 0.407 e. The van der Waals surface area contributed by atoms with Crippen LogP contribution in [0.25, 0.3) is 0 Å². The lowest BCUT2D eigenvalue weighted by Gasteiger charge is -2.66. The largest absolute Gasteiger partial charge is 0.459 e. The monoisotopic (exact) mass is 709 g/mol. The number of aliphatic hydroxyl groups excluding tert-OH is 3. The fourth-order valence-corrected chi connectivity index (χ4v) is 9.52. The minimum absolute atomic E-state index is 0.00533. The predicted octanol–water partition coefficient (Wildman–Crippen LogP) is 1.46. The molecular formula is C36H55NO13. The van der Waals surface area contributed by atoms with Gasteiger partial charge >= 0.3 is 18.0 Å². The fourth-order valence-electron chi connectivity index (χ4n) is 9.52. The van der Waals surface area contributed by atoms with Crippen molar-refractivity contribution in [3.05, 3.63) is 11.1 Å². The third-order valence-corrected chi connectivity index (χ3v) is 12.5. The Morgan fingerprint density at radius 2 is 1.68 bits per heavy atom. The van der Waals surface area contributed by atoms with Crippen LogP contribution in [0.2, 0.25) is 0 Å². The first-order chi connectivity index (χ1) is 23.2. The number of aliphatic hydroxyl groups is 5. The van der Waals surface area contributed by atoms with Crippen LogP contribution in [-0.4, -0.2) is 116 Å². The average Bonchev–Trinajstić information content (AvgIpc) is 3.04. The highest BCUT2D eigenvalue weighted by atomic mass is 16.6. The summed E-state index contributed by atoms with van der Waals surface area (Å²) in [7, 11) is 0. The Bertz CT molecular complexity index is 1390. The van der Waals surface area contributed by atoms with Crippen molar-refractivity contribution in [2.24, 2.45) is 28.6 Å². The highest BCUT2D eigenvalue weighted by Gasteiger charge is 2.76. The first-order valence-electron chi connectivity index (χ1n) is 17.9. The summed E-state index contributed by atoms with van der Waals surface area (Å²) in [6, 6.07) is -1.04. The third kappa shape index (κ3) is 6.17. The normalized spacial score (nSPS) is 39.5. The van der Waals surface area contributed by atoms with E-state index in [-0.39, 0.29) is 42.6 Å². The predicted molar refractivity (Wildman–Crippen MR) is 175 cm³/mol. The van der Waals surface area contributed by atoms with Crippen molar-refractivity contribution in [2.45, 2.75) is 147 Å². The fraction of sp³-hybridized carbons (Fsp3) is 0.833. The molecule has 6 N–H and O–H groups in total. The Labute approximate surface area is 292 Å². The van der Waals surface area contributed by atoms with Crippen LogP contribution in [0.3, 0.4) is 0 Å². The molecule has 282 valence electrons. The van der Waals surface area contributed by atoms with E-state index in [4.69, 9.17) is 18.9 Å². The molecule has 14 nitrogen and oxygen atoms in total. The molecule has 4 aliphatic carbocycles. The molecule has 1 heterocycles. The Balaban J connectivity index is 1.55. The molecule has 1 aliphatic heterocycles. The summed E-state index contributed by atoms with van der Waals surface area (Å²) in [6.07, 6.45) is -6.49. The number of nitrogens with one attached hydrogen (secondary N) is 1. The van der Waals surface area contributed by atoms with Gasteiger partial charge in [0.05, 0.1) is 36.9 Å². The number of ketones is 1. The standard InChI is InChI=1S/C36H55NO13/c1-17(2)15-47-32(44)37-25(20-11-9-8-10-12-20)27(41)31(43)50-21-14-36(46)30(49-19(4)38)28-34(7,22(39)13-23-35(28,45)16-48-23)29(42)26(40)24(18(21)3)33(36,5)6/h17,20-23,25-28,30,39-41,45-46H,8-16H2,1-7H3,(H,37,44)/t21-,22-,23+,25-,26+,27+,28-,30-,34+,35-,36+/m0/s1. The minimum atomic E-state index is -2.20. The number of hydrogen-bond acceptors (Lipinski definition) is 13. The molecule has 3 saturated carbocycles. The van der Waals surface area contributed by atoms with Gasteiger partial charge in [-0.1, -0.05) is 47.0 Å². The molecule has 5 rings (SSSR count). The molecule has 0 unspecified atom stereocenters.